The second kappa shape index (κ2) is 10.7. The molecule has 37 heavy (non-hydrogen) atoms. The predicted octanol–water partition coefficient (Wildman–Crippen LogP) is 0.637. The lowest BCUT2D eigenvalue weighted by molar-refractivity contribution is -0.143. The number of esters is 1. The molecule has 0 aromatic carbocycles. The quantitative estimate of drug-likeness (QED) is 0.349. The summed E-state index contributed by atoms with van der Waals surface area (Å²) in [5, 5.41) is 0. The van der Waals surface area contributed by atoms with Crippen molar-refractivity contribution in [2.45, 2.75) is 58.8 Å². The van der Waals surface area contributed by atoms with Crippen LogP contribution in [0.4, 0.5) is 5.82 Å². The number of ether oxygens (including phenoxy) is 3. The summed E-state index contributed by atoms with van der Waals surface area (Å²) in [6, 6.07) is 0. The van der Waals surface area contributed by atoms with E-state index in [9.17, 15) is 22.8 Å². The summed E-state index contributed by atoms with van der Waals surface area (Å²) in [5.74, 6) is -1.55. The zero-order valence-electron chi connectivity index (χ0n) is 21.5. The molecular weight excluding hydrogens is 506 g/mol. The average Bonchev–Trinajstić information content (AvgIpc) is 3.37. The number of sulfonamides is 1. The maximum absolute atomic E-state index is 13.7. The first-order valence-corrected chi connectivity index (χ1v) is 14.0. The van der Waals surface area contributed by atoms with Gasteiger partial charge in [0, 0.05) is 19.6 Å². The van der Waals surface area contributed by atoms with E-state index in [0.717, 1.165) is 22.2 Å². The third-order valence-corrected chi connectivity index (χ3v) is 8.18. The lowest BCUT2D eigenvalue weighted by Crippen LogP contribution is -2.49. The van der Waals surface area contributed by atoms with Gasteiger partial charge in [0.1, 0.15) is 12.4 Å². The monoisotopic (exact) mass is 539 g/mol. The zero-order chi connectivity index (χ0) is 26.9. The van der Waals surface area contributed by atoms with Crippen LogP contribution in [0.5, 0.6) is 5.75 Å². The Balaban J connectivity index is 1.86. The smallest absolute Gasteiger partial charge is 0.360 e. The highest BCUT2D eigenvalue weighted by molar-refractivity contribution is 7.93. The van der Waals surface area contributed by atoms with E-state index in [4.69, 9.17) is 14.2 Å². The number of methoxy groups -OCH3 is 1. The molecule has 2 atom stereocenters. The van der Waals surface area contributed by atoms with Crippen LogP contribution in [0.2, 0.25) is 0 Å². The van der Waals surface area contributed by atoms with Crippen molar-refractivity contribution in [1.29, 1.82) is 0 Å². The van der Waals surface area contributed by atoms with Gasteiger partial charge >= 0.3 is 11.5 Å². The molecule has 14 heteroatoms. The third-order valence-electron chi connectivity index (χ3n) is 6.34. The Labute approximate surface area is 214 Å². The van der Waals surface area contributed by atoms with E-state index in [2.05, 4.69) is 4.98 Å². The molecule has 0 radical (unpaired) electrons. The number of hydrogen-bond acceptors (Lipinski definition) is 9. The van der Waals surface area contributed by atoms with Crippen molar-refractivity contribution in [2.75, 3.05) is 43.4 Å². The summed E-state index contributed by atoms with van der Waals surface area (Å²) in [5.41, 5.74) is -1.08. The Hall–Kier alpha value is -3.13. The number of unbranched alkanes of at least 4 members (excludes halogenated alkanes) is 1. The number of hydrogen-bond donors (Lipinski definition) is 0. The second-order valence-electron chi connectivity index (χ2n) is 9.34. The van der Waals surface area contributed by atoms with E-state index < -0.39 is 21.6 Å². The number of carbonyl (C=O) groups is 2. The normalized spacial score (nSPS) is 21.4. The molecule has 0 saturated carbocycles. The summed E-state index contributed by atoms with van der Waals surface area (Å²) < 4.78 is 45.4. The Morgan fingerprint density at radius 2 is 1.92 bits per heavy atom. The van der Waals surface area contributed by atoms with Gasteiger partial charge < -0.3 is 23.7 Å². The molecule has 2 aromatic heterocycles. The number of amides is 1. The van der Waals surface area contributed by atoms with Crippen LogP contribution in [-0.4, -0.2) is 90.5 Å². The van der Waals surface area contributed by atoms with E-state index >= 15 is 0 Å². The first kappa shape index (κ1) is 26.9. The van der Waals surface area contributed by atoms with Crippen molar-refractivity contribution in [1.82, 2.24) is 18.9 Å². The van der Waals surface area contributed by atoms with Crippen LogP contribution in [0.15, 0.2) is 11.0 Å². The van der Waals surface area contributed by atoms with Crippen LogP contribution in [0.3, 0.4) is 0 Å². The van der Waals surface area contributed by atoms with Crippen LogP contribution in [0.1, 0.15) is 50.5 Å². The van der Waals surface area contributed by atoms with Crippen LogP contribution < -0.4 is 14.6 Å². The van der Waals surface area contributed by atoms with Gasteiger partial charge in [0.15, 0.2) is 5.69 Å². The van der Waals surface area contributed by atoms with Crippen LogP contribution >= 0.6 is 0 Å². The zero-order valence-corrected chi connectivity index (χ0v) is 22.3. The van der Waals surface area contributed by atoms with Gasteiger partial charge in [-0.05, 0) is 26.7 Å². The largest absolute Gasteiger partial charge is 0.486 e. The van der Waals surface area contributed by atoms with Crippen LogP contribution in [-0.2, 0) is 30.8 Å². The van der Waals surface area contributed by atoms with Crippen LogP contribution in [0.25, 0.3) is 5.78 Å². The Bertz CT molecular complexity index is 1340. The molecule has 2 aliphatic rings. The highest BCUT2D eigenvalue weighted by atomic mass is 32.2. The molecule has 2 aromatic rings. The molecule has 0 aliphatic carbocycles. The number of anilines is 1. The summed E-state index contributed by atoms with van der Waals surface area (Å²) in [6.45, 7) is 6.60. The van der Waals surface area contributed by atoms with Gasteiger partial charge in [-0.3, -0.25) is 13.9 Å². The maximum Gasteiger partial charge on any atom is 0.360 e. The van der Waals surface area contributed by atoms with E-state index in [1.165, 1.54) is 10.8 Å². The molecule has 4 heterocycles. The van der Waals surface area contributed by atoms with Gasteiger partial charge in [0.05, 0.1) is 37.9 Å². The van der Waals surface area contributed by atoms with Gasteiger partial charge in [0.2, 0.25) is 27.5 Å². The lowest BCUT2D eigenvalue weighted by atomic mass is 10.2. The van der Waals surface area contributed by atoms with E-state index in [-0.39, 0.29) is 66.6 Å². The molecule has 2 saturated heterocycles. The molecule has 2 aliphatic heterocycles. The van der Waals surface area contributed by atoms with Crippen molar-refractivity contribution in [3.8, 4) is 5.75 Å². The minimum atomic E-state index is -3.68. The Morgan fingerprint density at radius 3 is 2.51 bits per heavy atom. The van der Waals surface area contributed by atoms with E-state index in [1.54, 1.807) is 4.90 Å². The van der Waals surface area contributed by atoms with Crippen molar-refractivity contribution in [3.63, 3.8) is 0 Å². The topological polar surface area (TPSA) is 142 Å². The van der Waals surface area contributed by atoms with E-state index in [1.807, 2.05) is 20.8 Å². The highest BCUT2D eigenvalue weighted by Crippen LogP contribution is 2.27. The van der Waals surface area contributed by atoms with Gasteiger partial charge in [-0.15, -0.1) is 0 Å². The van der Waals surface area contributed by atoms with Gasteiger partial charge in [-0.1, -0.05) is 13.3 Å². The first-order chi connectivity index (χ1) is 17.6. The van der Waals surface area contributed by atoms with Gasteiger partial charge in [0.25, 0.3) is 0 Å². The van der Waals surface area contributed by atoms with Crippen molar-refractivity contribution < 1.29 is 32.2 Å². The number of carbonyl (C=O) groups excluding carboxylic acids is 2. The minimum Gasteiger partial charge on any atom is -0.486 e. The minimum absolute atomic E-state index is 0.0401. The van der Waals surface area contributed by atoms with Crippen LogP contribution in [0, 0.1) is 0 Å². The Morgan fingerprint density at radius 1 is 1.22 bits per heavy atom. The predicted molar refractivity (Wildman–Crippen MR) is 134 cm³/mol. The third kappa shape index (κ3) is 5.30. The number of imidazole rings is 1. The van der Waals surface area contributed by atoms with Crippen molar-refractivity contribution in [2.24, 2.45) is 0 Å². The summed E-state index contributed by atoms with van der Waals surface area (Å²) in [4.78, 5) is 45.5. The number of fused-ring (bicyclic) bond motifs is 1. The molecule has 2 fully saturated rings. The summed E-state index contributed by atoms with van der Waals surface area (Å²) in [7, 11) is -2.52. The fraction of sp³-hybridized carbons (Fsp3) is 0.652. The average molecular weight is 540 g/mol. The molecule has 4 rings (SSSR count). The van der Waals surface area contributed by atoms with Crippen molar-refractivity contribution in [3.05, 3.63) is 22.2 Å². The Kier molecular flexibility index (Phi) is 7.78. The van der Waals surface area contributed by atoms with Gasteiger partial charge in [-0.2, -0.15) is 0 Å². The standard InChI is InChI=1S/C23H33N5O8S/c1-5-6-9-35-20-19(22(31)34-4)24-23-26(14-18(29)25-11-15(2)36-16(3)12-25)13-17(28(23)21(20)30)27-8-7-10-37(27,32)33/h13,15-16H,5-12,14H2,1-4H3/t15-,16-/m0/s1. The molecule has 0 bridgehead atoms. The fourth-order valence-electron chi connectivity index (χ4n) is 4.65. The lowest BCUT2D eigenvalue weighted by Gasteiger charge is -2.35. The number of rotatable bonds is 8. The fourth-order valence-corrected chi connectivity index (χ4v) is 6.18. The molecule has 0 spiro atoms. The molecule has 0 unspecified atom stereocenters. The molecule has 1 amide bonds. The van der Waals surface area contributed by atoms with Gasteiger partial charge in [-0.25, -0.2) is 22.6 Å². The number of nitrogens with zero attached hydrogens (tertiary/aromatic N) is 5. The molecular formula is C23H33N5O8S. The number of aromatic nitrogens is 3. The molecule has 13 nitrogen and oxygen atoms in total. The highest BCUT2D eigenvalue weighted by Gasteiger charge is 2.34. The second-order valence-corrected chi connectivity index (χ2v) is 11.3. The first-order valence-electron chi connectivity index (χ1n) is 12.4. The summed E-state index contributed by atoms with van der Waals surface area (Å²) >= 11 is 0. The molecule has 0 N–H and O–H groups in total. The number of morpholine rings is 1. The van der Waals surface area contributed by atoms with E-state index in [0.29, 0.717) is 25.9 Å². The SMILES string of the molecule is CCCCOc1c(C(=O)OC)nc2n(CC(=O)N3C[C@H](C)O[C@@H](C)C3)cc(N3CCCS3(=O)=O)n2c1=O. The molecule has 204 valence electrons. The maximum atomic E-state index is 13.7. The summed E-state index contributed by atoms with van der Waals surface area (Å²) in [6.07, 6.45) is 2.93. The van der Waals surface area contributed by atoms with Crippen molar-refractivity contribution >= 4 is 33.5 Å².